The molecule has 9 nitrogen and oxygen atoms in total. The Morgan fingerprint density at radius 2 is 1.75 bits per heavy atom. The molecule has 1 saturated carbocycles. The molecule has 0 bridgehead atoms. The van der Waals surface area contributed by atoms with E-state index >= 15 is 0 Å². The van der Waals surface area contributed by atoms with Crippen molar-refractivity contribution in [3.63, 3.8) is 0 Å². The number of aromatic nitrogens is 2. The molecule has 2 aromatic rings. The number of carbonyl (C=O) groups is 2. The molecule has 1 aromatic carbocycles. The molecular formula is C27H37N5O4. The van der Waals surface area contributed by atoms with Gasteiger partial charge in [-0.05, 0) is 56.5 Å². The Morgan fingerprint density at radius 3 is 2.31 bits per heavy atom. The van der Waals surface area contributed by atoms with E-state index in [1.54, 1.807) is 19.1 Å². The highest BCUT2D eigenvalue weighted by Crippen LogP contribution is 2.32. The lowest BCUT2D eigenvalue weighted by Gasteiger charge is -2.38. The number of ether oxygens (including phenoxy) is 2. The van der Waals surface area contributed by atoms with Crippen LogP contribution in [0.15, 0.2) is 30.3 Å². The van der Waals surface area contributed by atoms with E-state index in [-0.39, 0.29) is 30.3 Å². The summed E-state index contributed by atoms with van der Waals surface area (Å²) in [5.74, 6) is 2.36. The Balaban J connectivity index is 1.34. The molecule has 0 unspecified atom stereocenters. The van der Waals surface area contributed by atoms with Crippen LogP contribution in [0.4, 0.5) is 5.82 Å². The highest BCUT2D eigenvalue weighted by molar-refractivity contribution is 5.86. The Hall–Kier alpha value is -3.36. The lowest BCUT2D eigenvalue weighted by atomic mass is 9.84. The lowest BCUT2D eigenvalue weighted by Crippen LogP contribution is -2.54. The number of anilines is 1. The molecule has 1 aromatic heterocycles. The molecule has 2 heterocycles. The molecule has 2 fully saturated rings. The van der Waals surface area contributed by atoms with Gasteiger partial charge in [-0.15, -0.1) is 10.2 Å². The number of hydrogen-bond acceptors (Lipinski definition) is 7. The van der Waals surface area contributed by atoms with Crippen molar-refractivity contribution >= 4 is 17.6 Å². The van der Waals surface area contributed by atoms with Crippen molar-refractivity contribution in [2.45, 2.75) is 45.6 Å². The minimum Gasteiger partial charge on any atom is -0.493 e. The summed E-state index contributed by atoms with van der Waals surface area (Å²) in [4.78, 5) is 31.8. The van der Waals surface area contributed by atoms with Gasteiger partial charge in [0.15, 0.2) is 17.3 Å². The summed E-state index contributed by atoms with van der Waals surface area (Å²) in [7, 11) is 3.21. The van der Waals surface area contributed by atoms with Crippen LogP contribution < -0.4 is 14.4 Å². The van der Waals surface area contributed by atoms with E-state index in [9.17, 15) is 9.59 Å². The molecule has 0 radical (unpaired) electrons. The molecule has 9 heteroatoms. The number of carbonyl (C=O) groups excluding carboxylic acids is 2. The second-order valence-electron chi connectivity index (χ2n) is 9.57. The maximum atomic E-state index is 13.1. The van der Waals surface area contributed by atoms with Gasteiger partial charge in [0, 0.05) is 43.7 Å². The van der Waals surface area contributed by atoms with Gasteiger partial charge in [0.2, 0.25) is 11.8 Å². The fraction of sp³-hybridized carbons (Fsp3) is 0.556. The normalized spacial score (nSPS) is 16.8. The quantitative estimate of drug-likeness (QED) is 0.528. The maximum Gasteiger partial charge on any atom is 0.242 e. The van der Waals surface area contributed by atoms with Gasteiger partial charge in [0.1, 0.15) is 0 Å². The third-order valence-electron chi connectivity index (χ3n) is 7.45. The Kier molecular flexibility index (Phi) is 8.28. The minimum atomic E-state index is 0.0255. The molecule has 2 aliphatic rings. The summed E-state index contributed by atoms with van der Waals surface area (Å²) in [6.45, 7) is 6.82. The number of amides is 2. The van der Waals surface area contributed by atoms with Crippen molar-refractivity contribution < 1.29 is 19.1 Å². The summed E-state index contributed by atoms with van der Waals surface area (Å²) >= 11 is 0. The van der Waals surface area contributed by atoms with E-state index in [1.807, 2.05) is 42.2 Å². The van der Waals surface area contributed by atoms with Crippen LogP contribution in [0.5, 0.6) is 11.5 Å². The number of piperazine rings is 1. The summed E-state index contributed by atoms with van der Waals surface area (Å²) < 4.78 is 10.7. The molecule has 1 aliphatic heterocycles. The Morgan fingerprint density at radius 1 is 1.03 bits per heavy atom. The van der Waals surface area contributed by atoms with Gasteiger partial charge in [-0.2, -0.15) is 0 Å². The first-order valence-corrected chi connectivity index (χ1v) is 12.8. The Labute approximate surface area is 213 Å². The highest BCUT2D eigenvalue weighted by Gasteiger charge is 2.33. The van der Waals surface area contributed by atoms with Gasteiger partial charge in [-0.1, -0.05) is 13.3 Å². The molecule has 1 atom stereocenters. The van der Waals surface area contributed by atoms with E-state index < -0.39 is 0 Å². The number of benzene rings is 1. The molecule has 1 saturated heterocycles. The molecule has 0 N–H and O–H groups in total. The summed E-state index contributed by atoms with van der Waals surface area (Å²) in [6, 6.07) is 9.62. The summed E-state index contributed by atoms with van der Waals surface area (Å²) in [6.07, 6.45) is 3.85. The monoisotopic (exact) mass is 495 g/mol. The molecule has 1 aliphatic carbocycles. The van der Waals surface area contributed by atoms with Crippen molar-refractivity contribution in [3.8, 4) is 22.8 Å². The maximum absolute atomic E-state index is 13.1. The molecule has 2 amide bonds. The largest absolute Gasteiger partial charge is 0.493 e. The van der Waals surface area contributed by atoms with E-state index in [0.717, 1.165) is 42.8 Å². The van der Waals surface area contributed by atoms with Crippen LogP contribution in [0, 0.1) is 5.92 Å². The number of hydrogen-bond donors (Lipinski definition) is 0. The van der Waals surface area contributed by atoms with Gasteiger partial charge in [0.05, 0.1) is 26.5 Å². The van der Waals surface area contributed by atoms with Crippen molar-refractivity contribution in [2.75, 3.05) is 51.8 Å². The average Bonchev–Trinajstić information content (AvgIpc) is 2.89. The van der Waals surface area contributed by atoms with Crippen LogP contribution in [-0.4, -0.2) is 84.8 Å². The number of nitrogens with zero attached hydrogens (tertiary/aromatic N) is 5. The van der Waals surface area contributed by atoms with E-state index in [4.69, 9.17) is 9.47 Å². The molecular weight excluding hydrogens is 458 g/mol. The zero-order chi connectivity index (χ0) is 25.7. The molecule has 194 valence electrons. The lowest BCUT2D eigenvalue weighted by molar-refractivity contribution is -0.147. The average molecular weight is 496 g/mol. The zero-order valence-corrected chi connectivity index (χ0v) is 21.8. The van der Waals surface area contributed by atoms with Crippen LogP contribution >= 0.6 is 0 Å². The van der Waals surface area contributed by atoms with Crippen molar-refractivity contribution in [2.24, 2.45) is 5.92 Å². The predicted molar refractivity (Wildman–Crippen MR) is 138 cm³/mol. The first-order chi connectivity index (χ1) is 17.4. The van der Waals surface area contributed by atoms with Crippen molar-refractivity contribution in [1.82, 2.24) is 20.0 Å². The fourth-order valence-electron chi connectivity index (χ4n) is 4.64. The van der Waals surface area contributed by atoms with Crippen molar-refractivity contribution in [1.29, 1.82) is 0 Å². The van der Waals surface area contributed by atoms with Crippen LogP contribution in [0.2, 0.25) is 0 Å². The van der Waals surface area contributed by atoms with E-state index in [0.29, 0.717) is 37.7 Å². The van der Waals surface area contributed by atoms with Crippen LogP contribution in [-0.2, 0) is 9.59 Å². The van der Waals surface area contributed by atoms with Crippen LogP contribution in [0.1, 0.15) is 39.5 Å². The highest BCUT2D eigenvalue weighted by atomic mass is 16.5. The van der Waals surface area contributed by atoms with E-state index in [2.05, 4.69) is 22.0 Å². The van der Waals surface area contributed by atoms with Gasteiger partial charge in [-0.3, -0.25) is 9.59 Å². The second kappa shape index (κ2) is 11.6. The van der Waals surface area contributed by atoms with Crippen molar-refractivity contribution in [3.05, 3.63) is 30.3 Å². The number of methoxy groups -OCH3 is 2. The first-order valence-electron chi connectivity index (χ1n) is 12.8. The summed E-state index contributed by atoms with van der Waals surface area (Å²) in [5, 5.41) is 8.85. The minimum absolute atomic E-state index is 0.0255. The molecule has 36 heavy (non-hydrogen) atoms. The van der Waals surface area contributed by atoms with Gasteiger partial charge < -0.3 is 24.2 Å². The fourth-order valence-corrected chi connectivity index (χ4v) is 4.64. The molecule has 4 rings (SSSR count). The topological polar surface area (TPSA) is 88.1 Å². The third kappa shape index (κ3) is 5.55. The standard InChI is InChI=1S/C27H37N5O4/c1-5-19(2)32(27(34)20-7-6-8-20)18-26(33)31-15-13-30(14-16-31)25-12-10-22(28-29-25)21-9-11-23(35-3)24(17-21)36-4/h9-12,17,19-20H,5-8,13-16,18H2,1-4H3/t19-/m0/s1. The second-order valence-corrected chi connectivity index (χ2v) is 9.57. The first kappa shape index (κ1) is 25.7. The van der Waals surface area contributed by atoms with Gasteiger partial charge >= 0.3 is 0 Å². The smallest absolute Gasteiger partial charge is 0.242 e. The van der Waals surface area contributed by atoms with Gasteiger partial charge in [0.25, 0.3) is 0 Å². The SMILES string of the molecule is CC[C@H](C)N(CC(=O)N1CCN(c2ccc(-c3ccc(OC)c(OC)c3)nn2)CC1)C(=O)C1CCC1. The zero-order valence-electron chi connectivity index (χ0n) is 21.8. The Bertz CT molecular complexity index is 1050. The third-order valence-corrected chi connectivity index (χ3v) is 7.45. The van der Waals surface area contributed by atoms with E-state index in [1.165, 1.54) is 0 Å². The van der Waals surface area contributed by atoms with Crippen LogP contribution in [0.25, 0.3) is 11.3 Å². The predicted octanol–water partition coefficient (Wildman–Crippen LogP) is 3.24. The summed E-state index contributed by atoms with van der Waals surface area (Å²) in [5.41, 5.74) is 1.64. The molecule has 0 spiro atoms. The van der Waals surface area contributed by atoms with Crippen LogP contribution in [0.3, 0.4) is 0 Å². The van der Waals surface area contributed by atoms with Gasteiger partial charge in [-0.25, -0.2) is 0 Å². The number of rotatable bonds is 9.